The Labute approximate surface area is 191 Å². The number of nitrogens with one attached hydrogen (secondary N) is 3. The van der Waals surface area contributed by atoms with Gasteiger partial charge in [0.25, 0.3) is 0 Å². The van der Waals surface area contributed by atoms with E-state index in [0.29, 0.717) is 0 Å². The van der Waals surface area contributed by atoms with Gasteiger partial charge in [-0.15, -0.1) is 0 Å². The van der Waals surface area contributed by atoms with Gasteiger partial charge in [0, 0.05) is 0 Å². The average molecular weight is 457 g/mol. The molecule has 10 nitrogen and oxygen atoms in total. The average Bonchev–Trinajstić information content (AvgIpc) is 2.84. The lowest BCUT2D eigenvalue weighted by Gasteiger charge is -2.18. The van der Waals surface area contributed by atoms with Crippen molar-refractivity contribution in [3.8, 4) is 0 Å². The van der Waals surface area contributed by atoms with E-state index < -0.39 is 30.1 Å². The lowest BCUT2D eigenvalue weighted by Crippen LogP contribution is -2.53. The van der Waals surface area contributed by atoms with E-state index in [1.165, 1.54) is 0 Å². The number of hydrogen-bond acceptors (Lipinski definition) is 7. The third kappa shape index (κ3) is 10.2. The fourth-order valence-corrected chi connectivity index (χ4v) is 2.57. The van der Waals surface area contributed by atoms with Crippen molar-refractivity contribution in [3.63, 3.8) is 0 Å². The molecule has 0 saturated heterocycles. The lowest BCUT2D eigenvalue weighted by molar-refractivity contribution is -0.143. The summed E-state index contributed by atoms with van der Waals surface area (Å²) in [4.78, 5) is 48.2. The van der Waals surface area contributed by atoms with Crippen molar-refractivity contribution < 1.29 is 33.4 Å². The molecule has 0 aliphatic carbocycles. The molecule has 3 amide bonds. The van der Waals surface area contributed by atoms with Crippen LogP contribution < -0.4 is 16.0 Å². The molecule has 10 heteroatoms. The number of carbonyl (C=O) groups is 4. The minimum absolute atomic E-state index is 0.00359. The number of esters is 1. The summed E-state index contributed by atoms with van der Waals surface area (Å²) in [6.07, 6.45) is -1.64. The first kappa shape index (κ1) is 25.2. The normalized spacial score (nSPS) is 10.9. The molecule has 3 N–H and O–H groups in total. The summed E-state index contributed by atoms with van der Waals surface area (Å²) in [5.74, 6) is -1.34. The van der Waals surface area contributed by atoms with Gasteiger partial charge in [-0.3, -0.25) is 9.59 Å². The minimum atomic E-state index is -1.22. The molecule has 0 fully saturated rings. The number of ether oxygens (including phenoxy) is 3. The number of rotatable bonds is 11. The van der Waals surface area contributed by atoms with Crippen LogP contribution in [0.2, 0.25) is 0 Å². The number of benzene rings is 2. The minimum Gasteiger partial charge on any atom is -0.465 e. The zero-order valence-corrected chi connectivity index (χ0v) is 18.2. The first-order valence-corrected chi connectivity index (χ1v) is 10.3. The van der Waals surface area contributed by atoms with Crippen LogP contribution in [0, 0.1) is 0 Å². The van der Waals surface area contributed by atoms with E-state index in [1.54, 1.807) is 43.3 Å². The molecule has 1 unspecified atom stereocenters. The van der Waals surface area contributed by atoms with Crippen LogP contribution in [0.3, 0.4) is 0 Å². The number of carbonyl (C=O) groups excluding carboxylic acids is 4. The van der Waals surface area contributed by atoms with E-state index in [2.05, 4.69) is 16.0 Å². The molecule has 0 spiro atoms. The van der Waals surface area contributed by atoms with Gasteiger partial charge in [0.15, 0.2) is 0 Å². The van der Waals surface area contributed by atoms with Gasteiger partial charge >= 0.3 is 18.2 Å². The zero-order valence-electron chi connectivity index (χ0n) is 18.2. The summed E-state index contributed by atoms with van der Waals surface area (Å²) in [6.45, 7) is 1.16. The van der Waals surface area contributed by atoms with Crippen molar-refractivity contribution in [1.29, 1.82) is 0 Å². The second kappa shape index (κ2) is 14.1. The zero-order chi connectivity index (χ0) is 23.9. The smallest absolute Gasteiger partial charge is 0.408 e. The van der Waals surface area contributed by atoms with E-state index in [-0.39, 0.29) is 32.9 Å². The quantitative estimate of drug-likeness (QED) is 0.347. The summed E-state index contributed by atoms with van der Waals surface area (Å²) in [5.41, 5.74) is 1.55. The molecular weight excluding hydrogens is 430 g/mol. The standard InChI is InChI=1S/C23H27N3O7/c1-2-31-20(27)14-24-21(28)19(26-23(30)33-16-18-11-7-4-8-12-18)13-25-22(29)32-15-17-9-5-3-6-10-17/h3-12,19H,2,13-16H2,1H3,(H,24,28)(H,25,29)(H,26,30). The molecule has 176 valence electrons. The van der Waals surface area contributed by atoms with Crippen LogP contribution in [0.1, 0.15) is 18.1 Å². The summed E-state index contributed by atoms with van der Waals surface area (Å²) < 4.78 is 15.0. The van der Waals surface area contributed by atoms with Gasteiger partial charge < -0.3 is 30.2 Å². The molecule has 0 saturated carbocycles. The first-order valence-electron chi connectivity index (χ1n) is 10.3. The third-order valence-electron chi connectivity index (χ3n) is 4.20. The van der Waals surface area contributed by atoms with E-state index in [9.17, 15) is 19.2 Å². The van der Waals surface area contributed by atoms with Gasteiger partial charge in [-0.2, -0.15) is 0 Å². The van der Waals surface area contributed by atoms with Crippen LogP contribution in [0.25, 0.3) is 0 Å². The maximum atomic E-state index is 12.5. The van der Waals surface area contributed by atoms with E-state index in [4.69, 9.17) is 14.2 Å². The molecule has 2 aromatic carbocycles. The molecule has 1 atom stereocenters. The topological polar surface area (TPSA) is 132 Å². The predicted octanol–water partition coefficient (Wildman–Crippen LogP) is 1.89. The number of hydrogen-bond donors (Lipinski definition) is 3. The van der Waals surface area contributed by atoms with Crippen molar-refractivity contribution in [3.05, 3.63) is 71.8 Å². The molecule has 2 aromatic rings. The summed E-state index contributed by atoms with van der Waals surface area (Å²) in [5, 5.41) is 7.15. The first-order chi connectivity index (χ1) is 16.0. The fraction of sp³-hybridized carbons (Fsp3) is 0.304. The maximum absolute atomic E-state index is 12.5. The van der Waals surface area contributed by atoms with Gasteiger partial charge in [-0.1, -0.05) is 60.7 Å². The Morgan fingerprint density at radius 1 is 0.758 bits per heavy atom. The van der Waals surface area contributed by atoms with Gasteiger partial charge in [-0.25, -0.2) is 9.59 Å². The van der Waals surface area contributed by atoms with Gasteiger partial charge in [-0.05, 0) is 18.1 Å². The third-order valence-corrected chi connectivity index (χ3v) is 4.20. The largest absolute Gasteiger partial charge is 0.465 e. The summed E-state index contributed by atoms with van der Waals surface area (Å²) in [6, 6.07) is 16.8. The predicted molar refractivity (Wildman–Crippen MR) is 118 cm³/mol. The van der Waals surface area contributed by atoms with Crippen LogP contribution in [0.4, 0.5) is 9.59 Å². The summed E-state index contributed by atoms with van der Waals surface area (Å²) >= 11 is 0. The van der Waals surface area contributed by atoms with Crippen molar-refractivity contribution in [2.24, 2.45) is 0 Å². The van der Waals surface area contributed by atoms with Crippen molar-refractivity contribution in [1.82, 2.24) is 16.0 Å². The molecule has 0 aliphatic rings. The van der Waals surface area contributed by atoms with Crippen LogP contribution in [-0.2, 0) is 37.0 Å². The van der Waals surface area contributed by atoms with Crippen molar-refractivity contribution in [2.45, 2.75) is 26.2 Å². The van der Waals surface area contributed by atoms with E-state index in [1.807, 2.05) is 24.3 Å². The van der Waals surface area contributed by atoms with Gasteiger partial charge in [0.2, 0.25) is 5.91 Å². The molecule has 33 heavy (non-hydrogen) atoms. The van der Waals surface area contributed by atoms with Crippen molar-refractivity contribution >= 4 is 24.1 Å². The Kier molecular flexibility index (Phi) is 10.7. The Morgan fingerprint density at radius 2 is 1.30 bits per heavy atom. The highest BCUT2D eigenvalue weighted by molar-refractivity contribution is 5.88. The molecule has 0 bridgehead atoms. The molecule has 0 radical (unpaired) electrons. The molecule has 2 rings (SSSR count). The molecule has 0 aromatic heterocycles. The highest BCUT2D eigenvalue weighted by atomic mass is 16.6. The Bertz CT molecular complexity index is 907. The van der Waals surface area contributed by atoms with Crippen molar-refractivity contribution in [2.75, 3.05) is 19.7 Å². The number of amides is 3. The molecule has 0 heterocycles. The van der Waals surface area contributed by atoms with Gasteiger partial charge in [0.05, 0.1) is 13.2 Å². The Balaban J connectivity index is 1.88. The van der Waals surface area contributed by atoms with Crippen LogP contribution in [-0.4, -0.2) is 49.8 Å². The lowest BCUT2D eigenvalue weighted by atomic mass is 10.2. The second-order valence-corrected chi connectivity index (χ2v) is 6.72. The molecule has 0 aliphatic heterocycles. The summed E-state index contributed by atoms with van der Waals surface area (Å²) in [7, 11) is 0. The van der Waals surface area contributed by atoms with Crippen LogP contribution in [0.5, 0.6) is 0 Å². The van der Waals surface area contributed by atoms with Crippen LogP contribution in [0.15, 0.2) is 60.7 Å². The highest BCUT2D eigenvalue weighted by Gasteiger charge is 2.23. The van der Waals surface area contributed by atoms with E-state index in [0.717, 1.165) is 11.1 Å². The fourth-order valence-electron chi connectivity index (χ4n) is 2.57. The second-order valence-electron chi connectivity index (χ2n) is 6.72. The Hall–Kier alpha value is -4.08. The van der Waals surface area contributed by atoms with Crippen LogP contribution >= 0.6 is 0 Å². The van der Waals surface area contributed by atoms with E-state index >= 15 is 0 Å². The maximum Gasteiger partial charge on any atom is 0.408 e. The monoisotopic (exact) mass is 457 g/mol. The van der Waals surface area contributed by atoms with Gasteiger partial charge in [0.1, 0.15) is 25.8 Å². The number of alkyl carbamates (subject to hydrolysis) is 2. The SMILES string of the molecule is CCOC(=O)CNC(=O)C(CNC(=O)OCc1ccccc1)NC(=O)OCc1ccccc1. The Morgan fingerprint density at radius 3 is 1.85 bits per heavy atom. The highest BCUT2D eigenvalue weighted by Crippen LogP contribution is 2.02. The molecular formula is C23H27N3O7.